The lowest BCUT2D eigenvalue weighted by Crippen LogP contribution is -2.38. The number of benzene rings is 2. The SMILES string of the molecule is CCNC(=NCCc1nccn1Cc1ccccc1)NCCc1ccc(-n2cccn2)cc1.I. The predicted octanol–water partition coefficient (Wildman–Crippen LogP) is 4.08. The van der Waals surface area contributed by atoms with Crippen molar-refractivity contribution in [2.24, 2.45) is 4.99 Å². The summed E-state index contributed by atoms with van der Waals surface area (Å²) in [6.07, 6.45) is 9.35. The minimum absolute atomic E-state index is 0. The molecule has 0 unspecified atom stereocenters. The molecular weight excluding hydrogens is 537 g/mol. The van der Waals surface area contributed by atoms with Gasteiger partial charge < -0.3 is 15.2 Å². The number of hydrogen-bond donors (Lipinski definition) is 2. The van der Waals surface area contributed by atoms with E-state index in [1.54, 1.807) is 6.20 Å². The van der Waals surface area contributed by atoms with Gasteiger partial charge in [-0.05, 0) is 42.7 Å². The van der Waals surface area contributed by atoms with Crippen molar-refractivity contribution >= 4 is 29.9 Å². The Hall–Kier alpha value is -3.14. The zero-order valence-electron chi connectivity index (χ0n) is 19.5. The normalized spacial score (nSPS) is 11.1. The highest BCUT2D eigenvalue weighted by Gasteiger charge is 2.04. The maximum atomic E-state index is 4.75. The molecule has 4 rings (SSSR count). The van der Waals surface area contributed by atoms with Gasteiger partial charge in [0, 0.05) is 57.4 Å². The summed E-state index contributed by atoms with van der Waals surface area (Å²) in [5.41, 5.74) is 3.61. The van der Waals surface area contributed by atoms with Gasteiger partial charge in [-0.3, -0.25) is 4.99 Å². The van der Waals surface area contributed by atoms with E-state index in [-0.39, 0.29) is 24.0 Å². The van der Waals surface area contributed by atoms with Crippen LogP contribution in [0.3, 0.4) is 0 Å². The second-order valence-corrected chi connectivity index (χ2v) is 7.76. The van der Waals surface area contributed by atoms with Crippen LogP contribution < -0.4 is 10.6 Å². The molecule has 0 radical (unpaired) electrons. The molecule has 0 aliphatic rings. The summed E-state index contributed by atoms with van der Waals surface area (Å²) in [5.74, 6) is 1.89. The van der Waals surface area contributed by atoms with E-state index >= 15 is 0 Å². The van der Waals surface area contributed by atoms with Crippen molar-refractivity contribution in [1.82, 2.24) is 30.0 Å². The van der Waals surface area contributed by atoms with Crippen LogP contribution in [0.2, 0.25) is 0 Å². The molecule has 2 N–H and O–H groups in total. The highest BCUT2D eigenvalue weighted by molar-refractivity contribution is 14.0. The monoisotopic (exact) mass is 569 g/mol. The third-order valence-electron chi connectivity index (χ3n) is 5.36. The molecule has 0 fully saturated rings. The zero-order valence-corrected chi connectivity index (χ0v) is 21.8. The standard InChI is InChI=1S/C26H31N7.HI/c1-2-27-26(29-16-13-22-9-11-24(12-10-22)33-19-6-15-31-33)30-17-14-25-28-18-20-32(25)21-23-7-4-3-5-8-23;/h3-12,15,18-20H,2,13-14,16-17,21H2,1H3,(H2,27,29,30);1H. The van der Waals surface area contributed by atoms with Gasteiger partial charge in [0.2, 0.25) is 0 Å². The van der Waals surface area contributed by atoms with Gasteiger partial charge >= 0.3 is 0 Å². The van der Waals surface area contributed by atoms with Crippen molar-refractivity contribution in [1.29, 1.82) is 0 Å². The van der Waals surface area contributed by atoms with Gasteiger partial charge in [0.05, 0.1) is 5.69 Å². The molecule has 8 heteroatoms. The Kier molecular flexibility index (Phi) is 10.1. The highest BCUT2D eigenvalue weighted by atomic mass is 127. The summed E-state index contributed by atoms with van der Waals surface area (Å²) in [4.78, 5) is 9.27. The molecule has 0 saturated heterocycles. The van der Waals surface area contributed by atoms with Gasteiger partial charge in [-0.2, -0.15) is 5.10 Å². The smallest absolute Gasteiger partial charge is 0.191 e. The Labute approximate surface area is 218 Å². The fraction of sp³-hybridized carbons (Fsp3) is 0.269. The number of aromatic nitrogens is 4. The van der Waals surface area contributed by atoms with E-state index in [1.807, 2.05) is 35.4 Å². The molecule has 0 amide bonds. The minimum atomic E-state index is 0. The van der Waals surface area contributed by atoms with Crippen LogP contribution in [0.4, 0.5) is 0 Å². The molecule has 2 heterocycles. The molecular formula is C26H32IN7. The second-order valence-electron chi connectivity index (χ2n) is 7.76. The van der Waals surface area contributed by atoms with E-state index in [4.69, 9.17) is 4.99 Å². The number of aliphatic imine (C=N–C) groups is 1. The van der Waals surface area contributed by atoms with Crippen LogP contribution in [-0.4, -0.2) is 44.9 Å². The number of imidazole rings is 1. The predicted molar refractivity (Wildman–Crippen MR) is 148 cm³/mol. The summed E-state index contributed by atoms with van der Waals surface area (Å²) in [7, 11) is 0. The molecule has 0 bridgehead atoms. The topological polar surface area (TPSA) is 72.1 Å². The number of rotatable bonds is 10. The largest absolute Gasteiger partial charge is 0.357 e. The first-order chi connectivity index (χ1) is 16.3. The van der Waals surface area contributed by atoms with Gasteiger partial charge in [0.1, 0.15) is 5.82 Å². The Morgan fingerprint density at radius 2 is 1.71 bits per heavy atom. The van der Waals surface area contributed by atoms with E-state index in [9.17, 15) is 0 Å². The lowest BCUT2D eigenvalue weighted by atomic mass is 10.1. The van der Waals surface area contributed by atoms with Crippen LogP contribution in [0.5, 0.6) is 0 Å². The number of guanidine groups is 1. The Morgan fingerprint density at radius 1 is 0.882 bits per heavy atom. The average molecular weight is 569 g/mol. The van der Waals surface area contributed by atoms with E-state index in [1.165, 1.54) is 11.1 Å². The van der Waals surface area contributed by atoms with Crippen molar-refractivity contribution < 1.29 is 0 Å². The van der Waals surface area contributed by atoms with Crippen LogP contribution in [0, 0.1) is 0 Å². The van der Waals surface area contributed by atoms with Crippen molar-refractivity contribution in [2.75, 3.05) is 19.6 Å². The molecule has 7 nitrogen and oxygen atoms in total. The molecule has 0 aliphatic carbocycles. The lowest BCUT2D eigenvalue weighted by Gasteiger charge is -2.12. The Morgan fingerprint density at radius 3 is 2.44 bits per heavy atom. The third kappa shape index (κ3) is 7.44. The fourth-order valence-electron chi connectivity index (χ4n) is 3.66. The molecule has 178 valence electrons. The number of nitrogens with zero attached hydrogens (tertiary/aromatic N) is 5. The molecule has 0 aliphatic heterocycles. The first-order valence-corrected chi connectivity index (χ1v) is 11.5. The zero-order chi connectivity index (χ0) is 22.7. The maximum absolute atomic E-state index is 4.75. The summed E-state index contributed by atoms with van der Waals surface area (Å²) in [5, 5.41) is 11.0. The van der Waals surface area contributed by atoms with Crippen molar-refractivity contribution in [2.45, 2.75) is 26.3 Å². The molecule has 2 aromatic carbocycles. The second kappa shape index (κ2) is 13.5. The van der Waals surface area contributed by atoms with Crippen LogP contribution in [0.1, 0.15) is 23.9 Å². The molecule has 4 aromatic rings. The van der Waals surface area contributed by atoms with Gasteiger partial charge in [-0.25, -0.2) is 9.67 Å². The van der Waals surface area contributed by atoms with Gasteiger partial charge in [-0.1, -0.05) is 42.5 Å². The van der Waals surface area contributed by atoms with Crippen molar-refractivity contribution in [3.8, 4) is 5.69 Å². The summed E-state index contributed by atoms with van der Waals surface area (Å²) in [6, 6.07) is 20.9. The number of hydrogen-bond acceptors (Lipinski definition) is 3. The lowest BCUT2D eigenvalue weighted by molar-refractivity contribution is 0.712. The third-order valence-corrected chi connectivity index (χ3v) is 5.36. The van der Waals surface area contributed by atoms with Gasteiger partial charge in [-0.15, -0.1) is 24.0 Å². The Bertz CT molecular complexity index is 1120. The van der Waals surface area contributed by atoms with Crippen LogP contribution in [0.25, 0.3) is 5.69 Å². The van der Waals surface area contributed by atoms with Gasteiger partial charge in [0.15, 0.2) is 5.96 Å². The van der Waals surface area contributed by atoms with E-state index in [0.29, 0.717) is 6.54 Å². The Balaban J connectivity index is 0.00000324. The minimum Gasteiger partial charge on any atom is -0.357 e. The average Bonchev–Trinajstić information content (AvgIpc) is 3.53. The van der Waals surface area contributed by atoms with Crippen LogP contribution in [-0.2, 0) is 19.4 Å². The first kappa shape index (κ1) is 25.5. The number of nitrogens with one attached hydrogen (secondary N) is 2. The van der Waals surface area contributed by atoms with Gasteiger partial charge in [0.25, 0.3) is 0 Å². The molecule has 34 heavy (non-hydrogen) atoms. The van der Waals surface area contributed by atoms with Crippen molar-refractivity contribution in [3.05, 3.63) is 102 Å². The van der Waals surface area contributed by atoms with E-state index < -0.39 is 0 Å². The number of halogens is 1. The molecule has 0 atom stereocenters. The summed E-state index contributed by atoms with van der Waals surface area (Å²) in [6.45, 7) is 5.23. The molecule has 0 saturated carbocycles. The van der Waals surface area contributed by atoms with Crippen molar-refractivity contribution in [3.63, 3.8) is 0 Å². The summed E-state index contributed by atoms with van der Waals surface area (Å²) >= 11 is 0. The quantitative estimate of drug-likeness (QED) is 0.172. The van der Waals surface area contributed by atoms with Crippen LogP contribution in [0.15, 0.2) is 90.4 Å². The first-order valence-electron chi connectivity index (χ1n) is 11.5. The fourth-order valence-corrected chi connectivity index (χ4v) is 3.66. The highest BCUT2D eigenvalue weighted by Crippen LogP contribution is 2.09. The van der Waals surface area contributed by atoms with E-state index in [0.717, 1.165) is 49.9 Å². The molecule has 0 spiro atoms. The maximum Gasteiger partial charge on any atom is 0.191 e. The molecule has 2 aromatic heterocycles. The summed E-state index contributed by atoms with van der Waals surface area (Å²) < 4.78 is 4.06. The van der Waals surface area contributed by atoms with E-state index in [2.05, 4.69) is 80.7 Å². The van der Waals surface area contributed by atoms with Crippen LogP contribution >= 0.6 is 24.0 Å².